The van der Waals surface area contributed by atoms with Crippen LogP contribution in [0.3, 0.4) is 0 Å². The Hall–Kier alpha value is -3.06. The monoisotopic (exact) mass is 443 g/mol. The van der Waals surface area contributed by atoms with E-state index in [2.05, 4.69) is 5.32 Å². The number of likely N-dealkylation sites (tertiary alicyclic amines) is 1. The predicted octanol–water partition coefficient (Wildman–Crippen LogP) is 3.30. The van der Waals surface area contributed by atoms with E-state index in [1.54, 1.807) is 49.3 Å². The number of nitrogens with one attached hydrogen (secondary N) is 1. The van der Waals surface area contributed by atoms with Gasteiger partial charge in [-0.25, -0.2) is 0 Å². The number of hydrogen-bond acceptors (Lipinski definition) is 4. The van der Waals surface area contributed by atoms with E-state index in [1.807, 2.05) is 18.2 Å². The summed E-state index contributed by atoms with van der Waals surface area (Å²) in [7, 11) is 3.32. The highest BCUT2D eigenvalue weighted by Crippen LogP contribution is 2.26. The first-order chi connectivity index (χ1) is 14.8. The summed E-state index contributed by atoms with van der Waals surface area (Å²) in [5, 5.41) is 3.20. The van der Waals surface area contributed by atoms with Crippen LogP contribution in [0.25, 0.3) is 0 Å². The van der Waals surface area contributed by atoms with Crippen molar-refractivity contribution in [3.8, 4) is 5.75 Å². The molecule has 7 nitrogen and oxygen atoms in total. The van der Waals surface area contributed by atoms with Gasteiger partial charge in [-0.2, -0.15) is 0 Å². The summed E-state index contributed by atoms with van der Waals surface area (Å²) in [6.45, 7) is 0.951. The Labute approximate surface area is 186 Å². The third-order valence-electron chi connectivity index (χ3n) is 5.20. The lowest BCUT2D eigenvalue weighted by Crippen LogP contribution is -2.43. The van der Waals surface area contributed by atoms with E-state index in [0.717, 1.165) is 0 Å². The van der Waals surface area contributed by atoms with Gasteiger partial charge in [-0.15, -0.1) is 0 Å². The fourth-order valence-corrected chi connectivity index (χ4v) is 3.56. The van der Waals surface area contributed by atoms with Gasteiger partial charge in [-0.3, -0.25) is 14.4 Å². The van der Waals surface area contributed by atoms with Crippen LogP contribution in [0, 0.1) is 5.92 Å². The van der Waals surface area contributed by atoms with Crippen LogP contribution >= 0.6 is 11.6 Å². The molecular formula is C23H26ClN3O4. The van der Waals surface area contributed by atoms with Gasteiger partial charge < -0.3 is 19.9 Å². The molecule has 164 valence electrons. The maximum Gasteiger partial charge on any atom is 0.260 e. The molecule has 0 spiro atoms. The fourth-order valence-electron chi connectivity index (χ4n) is 3.39. The number of amides is 3. The smallest absolute Gasteiger partial charge is 0.260 e. The van der Waals surface area contributed by atoms with Crippen LogP contribution in [0.5, 0.6) is 5.75 Å². The Morgan fingerprint density at radius 2 is 1.77 bits per heavy atom. The number of carbonyl (C=O) groups excluding carboxylic acids is 3. The second-order valence-electron chi connectivity index (χ2n) is 7.64. The molecule has 0 atom stereocenters. The van der Waals surface area contributed by atoms with E-state index in [9.17, 15) is 14.4 Å². The number of carbonyl (C=O) groups is 3. The van der Waals surface area contributed by atoms with Crippen molar-refractivity contribution in [1.29, 1.82) is 0 Å². The van der Waals surface area contributed by atoms with Crippen molar-refractivity contribution < 1.29 is 19.1 Å². The number of hydrogen-bond donors (Lipinski definition) is 1. The second-order valence-corrected chi connectivity index (χ2v) is 8.05. The van der Waals surface area contributed by atoms with Crippen molar-refractivity contribution in [1.82, 2.24) is 9.80 Å². The van der Waals surface area contributed by atoms with E-state index < -0.39 is 0 Å². The fraction of sp³-hybridized carbons (Fsp3) is 0.348. The SMILES string of the molecule is CN(C)C(=O)c1ccc(Cl)c(NC(=O)C2CCN(C(=O)COc3ccccc3)CC2)c1. The summed E-state index contributed by atoms with van der Waals surface area (Å²) < 4.78 is 5.52. The number of benzene rings is 2. The van der Waals surface area contributed by atoms with Gasteiger partial charge in [-0.05, 0) is 43.2 Å². The standard InChI is InChI=1S/C23H26ClN3O4/c1-26(2)23(30)17-8-9-19(24)20(14-17)25-22(29)16-10-12-27(13-11-16)21(28)15-31-18-6-4-3-5-7-18/h3-9,14,16H,10-13,15H2,1-2H3,(H,25,29). The molecule has 0 saturated carbocycles. The summed E-state index contributed by atoms with van der Waals surface area (Å²) in [4.78, 5) is 40.5. The molecule has 1 saturated heterocycles. The summed E-state index contributed by atoms with van der Waals surface area (Å²) in [5.74, 6) is -0.0123. The van der Waals surface area contributed by atoms with E-state index in [4.69, 9.17) is 16.3 Å². The molecule has 0 unspecified atom stereocenters. The molecule has 1 aliphatic heterocycles. The first kappa shape index (κ1) is 22.6. The molecule has 2 aromatic carbocycles. The number of anilines is 1. The van der Waals surface area contributed by atoms with Gasteiger partial charge in [0.05, 0.1) is 10.7 Å². The Kier molecular flexibility index (Phi) is 7.52. The summed E-state index contributed by atoms with van der Waals surface area (Å²) in [6.07, 6.45) is 1.10. The zero-order valence-corrected chi connectivity index (χ0v) is 18.4. The molecule has 3 rings (SSSR count). The van der Waals surface area contributed by atoms with Crippen LogP contribution in [-0.2, 0) is 9.59 Å². The Morgan fingerprint density at radius 3 is 2.42 bits per heavy atom. The van der Waals surface area contributed by atoms with Crippen LogP contribution in [0.1, 0.15) is 23.2 Å². The number of rotatable bonds is 6. The van der Waals surface area contributed by atoms with Gasteiger partial charge in [0.1, 0.15) is 5.75 Å². The van der Waals surface area contributed by atoms with E-state index in [-0.39, 0.29) is 30.2 Å². The third kappa shape index (κ3) is 5.98. The molecule has 0 aromatic heterocycles. The Morgan fingerprint density at radius 1 is 1.10 bits per heavy atom. The maximum absolute atomic E-state index is 12.7. The lowest BCUT2D eigenvalue weighted by atomic mass is 9.95. The van der Waals surface area contributed by atoms with Crippen molar-refractivity contribution in [2.75, 3.05) is 39.1 Å². The summed E-state index contributed by atoms with van der Waals surface area (Å²) in [5.41, 5.74) is 0.859. The van der Waals surface area contributed by atoms with Crippen LogP contribution in [0.15, 0.2) is 48.5 Å². The highest BCUT2D eigenvalue weighted by Gasteiger charge is 2.28. The number of nitrogens with zero attached hydrogens (tertiary/aromatic N) is 2. The lowest BCUT2D eigenvalue weighted by Gasteiger charge is -2.31. The average molecular weight is 444 g/mol. The molecule has 8 heteroatoms. The molecule has 1 heterocycles. The predicted molar refractivity (Wildman–Crippen MR) is 119 cm³/mol. The van der Waals surface area contributed by atoms with Gasteiger partial charge in [0, 0.05) is 38.7 Å². The first-order valence-corrected chi connectivity index (χ1v) is 10.5. The minimum absolute atomic E-state index is 0.0246. The Balaban J connectivity index is 1.52. The quantitative estimate of drug-likeness (QED) is 0.743. The largest absolute Gasteiger partial charge is 0.484 e. The topological polar surface area (TPSA) is 79.0 Å². The summed E-state index contributed by atoms with van der Waals surface area (Å²) >= 11 is 6.21. The zero-order chi connectivity index (χ0) is 22.4. The molecule has 2 aromatic rings. The number of para-hydroxylation sites is 1. The average Bonchev–Trinajstić information content (AvgIpc) is 2.79. The molecule has 1 fully saturated rings. The van der Waals surface area contributed by atoms with Crippen molar-refractivity contribution in [2.45, 2.75) is 12.8 Å². The van der Waals surface area contributed by atoms with Crippen molar-refractivity contribution in [3.63, 3.8) is 0 Å². The normalized spacial score (nSPS) is 14.1. The van der Waals surface area contributed by atoms with Gasteiger partial charge in [0.15, 0.2) is 6.61 Å². The van der Waals surface area contributed by atoms with Crippen molar-refractivity contribution >= 4 is 35.0 Å². The van der Waals surface area contributed by atoms with Crippen LogP contribution < -0.4 is 10.1 Å². The number of ether oxygens (including phenoxy) is 1. The van der Waals surface area contributed by atoms with Crippen LogP contribution in [0.2, 0.25) is 5.02 Å². The van der Waals surface area contributed by atoms with E-state index >= 15 is 0 Å². The van der Waals surface area contributed by atoms with Crippen molar-refractivity contribution in [2.24, 2.45) is 5.92 Å². The minimum atomic E-state index is -0.233. The lowest BCUT2D eigenvalue weighted by molar-refractivity contribution is -0.136. The van der Waals surface area contributed by atoms with Crippen LogP contribution in [0.4, 0.5) is 5.69 Å². The molecule has 1 aliphatic rings. The summed E-state index contributed by atoms with van der Waals surface area (Å²) in [6, 6.07) is 14.0. The van der Waals surface area contributed by atoms with Gasteiger partial charge in [0.25, 0.3) is 11.8 Å². The van der Waals surface area contributed by atoms with Gasteiger partial charge >= 0.3 is 0 Å². The van der Waals surface area contributed by atoms with Crippen LogP contribution in [-0.4, -0.2) is 61.3 Å². The highest BCUT2D eigenvalue weighted by molar-refractivity contribution is 6.33. The second kappa shape index (κ2) is 10.3. The zero-order valence-electron chi connectivity index (χ0n) is 17.6. The van der Waals surface area contributed by atoms with E-state index in [1.165, 1.54) is 4.90 Å². The molecular weight excluding hydrogens is 418 g/mol. The van der Waals surface area contributed by atoms with Crippen molar-refractivity contribution in [3.05, 3.63) is 59.1 Å². The minimum Gasteiger partial charge on any atom is -0.484 e. The van der Waals surface area contributed by atoms with Gasteiger partial charge in [-0.1, -0.05) is 29.8 Å². The maximum atomic E-state index is 12.7. The number of halogens is 1. The molecule has 0 radical (unpaired) electrons. The third-order valence-corrected chi connectivity index (χ3v) is 5.53. The first-order valence-electron chi connectivity index (χ1n) is 10.1. The molecule has 0 bridgehead atoms. The molecule has 31 heavy (non-hydrogen) atoms. The highest BCUT2D eigenvalue weighted by atomic mass is 35.5. The van der Waals surface area contributed by atoms with Gasteiger partial charge in [0.2, 0.25) is 5.91 Å². The Bertz CT molecular complexity index is 941. The van der Waals surface area contributed by atoms with E-state index in [0.29, 0.717) is 48.0 Å². The molecule has 3 amide bonds. The molecule has 1 N–H and O–H groups in total. The molecule has 0 aliphatic carbocycles. The number of piperidine rings is 1.